The molecule has 0 spiro atoms. The minimum atomic E-state index is 0.328. The maximum absolute atomic E-state index is 10.6. The van der Waals surface area contributed by atoms with Gasteiger partial charge in [-0.1, -0.05) is 33.1 Å². The van der Waals surface area contributed by atoms with Crippen molar-refractivity contribution in [2.45, 2.75) is 52.9 Å². The van der Waals surface area contributed by atoms with Crippen molar-refractivity contribution in [3.63, 3.8) is 0 Å². The number of hydrogen-bond donors (Lipinski definition) is 0. The standard InChI is InChI=1S/C10H20O/c1-4-9(2)7-5-6-8-10(3)11/h9H,4-8H2,1-3H3/t9-/m0/s1. The van der Waals surface area contributed by atoms with E-state index < -0.39 is 0 Å². The largest absolute Gasteiger partial charge is 0.300 e. The van der Waals surface area contributed by atoms with Crippen LogP contribution < -0.4 is 0 Å². The molecule has 0 aliphatic rings. The van der Waals surface area contributed by atoms with E-state index in [1.54, 1.807) is 6.92 Å². The minimum absolute atomic E-state index is 0.328. The van der Waals surface area contributed by atoms with Crippen LogP contribution in [-0.4, -0.2) is 5.78 Å². The Bertz CT molecular complexity index is 107. The van der Waals surface area contributed by atoms with E-state index in [2.05, 4.69) is 13.8 Å². The Morgan fingerprint density at radius 1 is 1.36 bits per heavy atom. The van der Waals surface area contributed by atoms with Crippen LogP contribution in [0.1, 0.15) is 52.9 Å². The lowest BCUT2D eigenvalue weighted by molar-refractivity contribution is -0.117. The van der Waals surface area contributed by atoms with Crippen LogP contribution in [0, 0.1) is 5.92 Å². The lowest BCUT2D eigenvalue weighted by Gasteiger charge is -2.06. The second-order valence-electron chi connectivity index (χ2n) is 3.46. The summed E-state index contributed by atoms with van der Waals surface area (Å²) in [6, 6.07) is 0. The van der Waals surface area contributed by atoms with Gasteiger partial charge >= 0.3 is 0 Å². The van der Waals surface area contributed by atoms with Crippen molar-refractivity contribution in [3.05, 3.63) is 0 Å². The molecule has 0 saturated carbocycles. The van der Waals surface area contributed by atoms with Gasteiger partial charge in [-0.05, 0) is 19.3 Å². The second-order valence-corrected chi connectivity index (χ2v) is 3.46. The fourth-order valence-corrected chi connectivity index (χ4v) is 1.07. The minimum Gasteiger partial charge on any atom is -0.300 e. The Kier molecular flexibility index (Phi) is 6.19. The fourth-order valence-electron chi connectivity index (χ4n) is 1.07. The Morgan fingerprint density at radius 3 is 2.45 bits per heavy atom. The first-order valence-corrected chi connectivity index (χ1v) is 4.66. The first kappa shape index (κ1) is 10.7. The number of hydrogen-bond acceptors (Lipinski definition) is 1. The Morgan fingerprint density at radius 2 is 2.00 bits per heavy atom. The molecule has 0 aromatic heterocycles. The number of rotatable bonds is 6. The maximum Gasteiger partial charge on any atom is 0.129 e. The van der Waals surface area contributed by atoms with E-state index in [0.717, 1.165) is 18.8 Å². The van der Waals surface area contributed by atoms with Gasteiger partial charge in [-0.3, -0.25) is 0 Å². The topological polar surface area (TPSA) is 17.1 Å². The van der Waals surface area contributed by atoms with Crippen molar-refractivity contribution < 1.29 is 4.79 Å². The van der Waals surface area contributed by atoms with Crippen LogP contribution in [0.3, 0.4) is 0 Å². The van der Waals surface area contributed by atoms with Crippen LogP contribution in [-0.2, 0) is 4.79 Å². The van der Waals surface area contributed by atoms with Crippen molar-refractivity contribution in [1.82, 2.24) is 0 Å². The van der Waals surface area contributed by atoms with Gasteiger partial charge in [0.1, 0.15) is 5.78 Å². The van der Waals surface area contributed by atoms with Crippen LogP contribution >= 0.6 is 0 Å². The predicted octanol–water partition coefficient (Wildman–Crippen LogP) is 3.18. The van der Waals surface area contributed by atoms with E-state index in [1.165, 1.54) is 19.3 Å². The molecule has 66 valence electrons. The molecule has 0 radical (unpaired) electrons. The average Bonchev–Trinajstić information content (AvgIpc) is 1.97. The van der Waals surface area contributed by atoms with Crippen LogP contribution in [0.5, 0.6) is 0 Å². The van der Waals surface area contributed by atoms with Crippen molar-refractivity contribution >= 4 is 5.78 Å². The smallest absolute Gasteiger partial charge is 0.129 e. The van der Waals surface area contributed by atoms with Crippen molar-refractivity contribution in [3.8, 4) is 0 Å². The van der Waals surface area contributed by atoms with Gasteiger partial charge in [-0.2, -0.15) is 0 Å². The first-order valence-electron chi connectivity index (χ1n) is 4.66. The summed E-state index contributed by atoms with van der Waals surface area (Å²) in [4.78, 5) is 10.6. The van der Waals surface area contributed by atoms with E-state index in [4.69, 9.17) is 0 Å². The summed E-state index contributed by atoms with van der Waals surface area (Å²) in [6.45, 7) is 6.16. The summed E-state index contributed by atoms with van der Waals surface area (Å²) >= 11 is 0. The summed E-state index contributed by atoms with van der Waals surface area (Å²) in [7, 11) is 0. The Labute approximate surface area is 70.2 Å². The van der Waals surface area contributed by atoms with Gasteiger partial charge in [0, 0.05) is 6.42 Å². The molecule has 0 aromatic carbocycles. The molecule has 0 aromatic rings. The van der Waals surface area contributed by atoms with E-state index in [-0.39, 0.29) is 0 Å². The van der Waals surface area contributed by atoms with E-state index in [9.17, 15) is 4.79 Å². The fraction of sp³-hybridized carbons (Fsp3) is 0.900. The molecule has 0 unspecified atom stereocenters. The molecule has 1 heteroatoms. The van der Waals surface area contributed by atoms with Gasteiger partial charge in [0.2, 0.25) is 0 Å². The molecule has 11 heavy (non-hydrogen) atoms. The number of carbonyl (C=O) groups excluding carboxylic acids is 1. The number of Topliss-reactive ketones (excluding diaryl/α,β-unsaturated/α-hetero) is 1. The molecule has 0 bridgehead atoms. The molecule has 0 aliphatic heterocycles. The van der Waals surface area contributed by atoms with Crippen LogP contribution in [0.25, 0.3) is 0 Å². The van der Waals surface area contributed by atoms with Gasteiger partial charge in [-0.15, -0.1) is 0 Å². The molecule has 0 aliphatic carbocycles. The zero-order chi connectivity index (χ0) is 8.69. The van der Waals surface area contributed by atoms with Gasteiger partial charge in [0.15, 0.2) is 0 Å². The van der Waals surface area contributed by atoms with Gasteiger partial charge in [-0.25, -0.2) is 0 Å². The third-order valence-corrected chi connectivity index (χ3v) is 2.17. The quantitative estimate of drug-likeness (QED) is 0.540. The lowest BCUT2D eigenvalue weighted by atomic mass is 10.0. The average molecular weight is 156 g/mol. The highest BCUT2D eigenvalue weighted by Crippen LogP contribution is 2.11. The van der Waals surface area contributed by atoms with Crippen LogP contribution in [0.15, 0.2) is 0 Å². The molecular formula is C10H20O. The summed E-state index contributed by atoms with van der Waals surface area (Å²) < 4.78 is 0. The van der Waals surface area contributed by atoms with Crippen LogP contribution in [0.2, 0.25) is 0 Å². The molecule has 0 saturated heterocycles. The first-order chi connectivity index (χ1) is 5.16. The molecule has 0 amide bonds. The maximum atomic E-state index is 10.6. The Hall–Kier alpha value is -0.330. The van der Waals surface area contributed by atoms with E-state index in [0.29, 0.717) is 5.78 Å². The van der Waals surface area contributed by atoms with Crippen LogP contribution in [0.4, 0.5) is 0 Å². The number of ketones is 1. The molecule has 1 nitrogen and oxygen atoms in total. The SMILES string of the molecule is CC[C@H](C)CCCCC(C)=O. The van der Waals surface area contributed by atoms with Crippen molar-refractivity contribution in [2.75, 3.05) is 0 Å². The molecule has 0 N–H and O–H groups in total. The zero-order valence-corrected chi connectivity index (χ0v) is 8.02. The van der Waals surface area contributed by atoms with E-state index in [1.807, 2.05) is 0 Å². The molecule has 0 heterocycles. The summed E-state index contributed by atoms with van der Waals surface area (Å²) in [6.07, 6.45) is 5.62. The molecular weight excluding hydrogens is 136 g/mol. The number of unbranched alkanes of at least 4 members (excludes halogenated alkanes) is 1. The summed E-state index contributed by atoms with van der Waals surface area (Å²) in [5, 5.41) is 0. The van der Waals surface area contributed by atoms with Gasteiger partial charge < -0.3 is 4.79 Å². The second kappa shape index (κ2) is 6.38. The predicted molar refractivity (Wildman–Crippen MR) is 48.6 cm³/mol. The molecule has 0 rings (SSSR count). The van der Waals surface area contributed by atoms with Gasteiger partial charge in [0.25, 0.3) is 0 Å². The van der Waals surface area contributed by atoms with Crippen molar-refractivity contribution in [2.24, 2.45) is 5.92 Å². The highest BCUT2D eigenvalue weighted by molar-refractivity contribution is 5.75. The third kappa shape index (κ3) is 7.57. The number of carbonyl (C=O) groups is 1. The zero-order valence-electron chi connectivity index (χ0n) is 8.02. The summed E-state index contributed by atoms with van der Waals surface area (Å²) in [5.74, 6) is 1.16. The monoisotopic (exact) mass is 156 g/mol. The highest BCUT2D eigenvalue weighted by atomic mass is 16.1. The van der Waals surface area contributed by atoms with Crippen molar-refractivity contribution in [1.29, 1.82) is 0 Å². The Balaban J connectivity index is 3.08. The molecule has 1 atom stereocenters. The molecule has 0 fully saturated rings. The highest BCUT2D eigenvalue weighted by Gasteiger charge is 1.98. The normalized spacial score (nSPS) is 13.0. The van der Waals surface area contributed by atoms with Gasteiger partial charge in [0.05, 0.1) is 0 Å². The summed E-state index contributed by atoms with van der Waals surface area (Å²) in [5.41, 5.74) is 0. The van der Waals surface area contributed by atoms with E-state index >= 15 is 0 Å². The third-order valence-electron chi connectivity index (χ3n) is 2.17. The lowest BCUT2D eigenvalue weighted by Crippen LogP contribution is -1.94.